The molecule has 5 heteroatoms. The summed E-state index contributed by atoms with van der Waals surface area (Å²) in [6.07, 6.45) is 4.57. The second kappa shape index (κ2) is 6.83. The number of hydrogen-bond donors (Lipinski definition) is 1. The Labute approximate surface area is 100 Å². The summed E-state index contributed by atoms with van der Waals surface area (Å²) in [4.78, 5) is 8.05. The average molecular weight is 239 g/mol. The monoisotopic (exact) mass is 239 g/mol. The van der Waals surface area contributed by atoms with Crippen molar-refractivity contribution in [2.45, 2.75) is 11.4 Å². The van der Waals surface area contributed by atoms with Crippen molar-refractivity contribution in [3.05, 3.63) is 18.6 Å². The van der Waals surface area contributed by atoms with Gasteiger partial charge in [-0.3, -0.25) is 0 Å². The van der Waals surface area contributed by atoms with Gasteiger partial charge in [-0.25, -0.2) is 9.97 Å². The van der Waals surface area contributed by atoms with Gasteiger partial charge in [-0.2, -0.15) is 0 Å². The first-order valence-corrected chi connectivity index (χ1v) is 6.61. The largest absolute Gasteiger partial charge is 0.381 e. The van der Waals surface area contributed by atoms with E-state index in [9.17, 15) is 0 Å². The van der Waals surface area contributed by atoms with Crippen molar-refractivity contribution in [2.24, 2.45) is 5.92 Å². The molecule has 0 saturated carbocycles. The van der Waals surface area contributed by atoms with Crippen LogP contribution in [0.3, 0.4) is 0 Å². The quantitative estimate of drug-likeness (QED) is 0.459. The third kappa shape index (κ3) is 4.08. The van der Waals surface area contributed by atoms with Gasteiger partial charge in [0.25, 0.3) is 0 Å². The van der Waals surface area contributed by atoms with Crippen molar-refractivity contribution < 1.29 is 4.74 Å². The molecular formula is C11H17N3OS. The number of nitrogens with one attached hydrogen (secondary N) is 1. The van der Waals surface area contributed by atoms with Gasteiger partial charge < -0.3 is 10.1 Å². The van der Waals surface area contributed by atoms with Crippen LogP contribution in [0.1, 0.15) is 6.42 Å². The lowest BCUT2D eigenvalue weighted by Gasteiger charge is -2.08. The Bertz CT molecular complexity index is 291. The molecule has 2 heterocycles. The second-order valence-corrected chi connectivity index (χ2v) is 4.95. The maximum Gasteiger partial charge on any atom is 0.116 e. The van der Waals surface area contributed by atoms with Crippen LogP contribution in [-0.2, 0) is 4.74 Å². The number of ether oxygens (including phenoxy) is 1. The van der Waals surface area contributed by atoms with E-state index in [1.807, 2.05) is 6.07 Å². The minimum atomic E-state index is 0.712. The van der Waals surface area contributed by atoms with Crippen molar-refractivity contribution in [3.63, 3.8) is 0 Å². The molecule has 0 aliphatic carbocycles. The van der Waals surface area contributed by atoms with E-state index in [1.165, 1.54) is 6.42 Å². The maximum absolute atomic E-state index is 5.32. The number of aromatic nitrogens is 2. The highest BCUT2D eigenvalue weighted by atomic mass is 32.2. The fourth-order valence-electron chi connectivity index (χ4n) is 1.64. The zero-order valence-corrected chi connectivity index (χ0v) is 10.1. The first kappa shape index (κ1) is 11.8. The molecule has 1 N–H and O–H groups in total. The van der Waals surface area contributed by atoms with Gasteiger partial charge in [0.05, 0.1) is 11.6 Å². The lowest BCUT2D eigenvalue weighted by molar-refractivity contribution is 0.185. The molecule has 0 bridgehead atoms. The summed E-state index contributed by atoms with van der Waals surface area (Å²) in [5.74, 6) is 1.76. The molecule has 1 unspecified atom stereocenters. The van der Waals surface area contributed by atoms with Gasteiger partial charge in [-0.1, -0.05) is 0 Å². The highest BCUT2D eigenvalue weighted by Crippen LogP contribution is 2.13. The minimum absolute atomic E-state index is 0.712. The molecule has 0 radical (unpaired) electrons. The maximum atomic E-state index is 5.32. The summed E-state index contributed by atoms with van der Waals surface area (Å²) in [5.41, 5.74) is 0. The molecule has 88 valence electrons. The summed E-state index contributed by atoms with van der Waals surface area (Å²) in [6.45, 7) is 3.95. The van der Waals surface area contributed by atoms with Crippen molar-refractivity contribution in [1.82, 2.24) is 15.3 Å². The van der Waals surface area contributed by atoms with Crippen LogP contribution in [0.5, 0.6) is 0 Å². The summed E-state index contributed by atoms with van der Waals surface area (Å²) in [6, 6.07) is 1.94. The predicted octanol–water partition coefficient (Wildman–Crippen LogP) is 1.19. The Morgan fingerprint density at radius 3 is 3.31 bits per heavy atom. The number of thioether (sulfide) groups is 1. The first-order chi connectivity index (χ1) is 7.95. The van der Waals surface area contributed by atoms with Crippen LogP contribution < -0.4 is 5.32 Å². The minimum Gasteiger partial charge on any atom is -0.381 e. The summed E-state index contributed by atoms with van der Waals surface area (Å²) in [7, 11) is 0. The van der Waals surface area contributed by atoms with E-state index < -0.39 is 0 Å². The van der Waals surface area contributed by atoms with Gasteiger partial charge in [-0.05, 0) is 18.4 Å². The molecule has 0 amide bonds. The van der Waals surface area contributed by atoms with E-state index in [4.69, 9.17) is 4.74 Å². The van der Waals surface area contributed by atoms with Crippen molar-refractivity contribution in [1.29, 1.82) is 0 Å². The summed E-state index contributed by atoms with van der Waals surface area (Å²) in [5, 5.41) is 4.50. The lowest BCUT2D eigenvalue weighted by atomic mass is 10.1. The van der Waals surface area contributed by atoms with Gasteiger partial charge in [0, 0.05) is 31.6 Å². The van der Waals surface area contributed by atoms with Crippen LogP contribution in [0, 0.1) is 5.92 Å². The molecule has 2 rings (SSSR count). The van der Waals surface area contributed by atoms with Gasteiger partial charge in [0.2, 0.25) is 0 Å². The molecule has 1 saturated heterocycles. The zero-order valence-electron chi connectivity index (χ0n) is 9.26. The van der Waals surface area contributed by atoms with Crippen molar-refractivity contribution in [2.75, 3.05) is 32.1 Å². The van der Waals surface area contributed by atoms with Gasteiger partial charge in [0.1, 0.15) is 6.33 Å². The Hall–Kier alpha value is -0.650. The topological polar surface area (TPSA) is 47.0 Å². The third-order valence-corrected chi connectivity index (χ3v) is 3.49. The fraction of sp³-hybridized carbons (Fsp3) is 0.636. The summed E-state index contributed by atoms with van der Waals surface area (Å²) < 4.78 is 5.32. The standard InChI is InChI=1S/C11H17N3OS/c1-3-13-9-14-11(1)16-6-4-12-7-10-2-5-15-8-10/h1,3,9-10,12H,2,4-8H2. The van der Waals surface area contributed by atoms with Crippen LogP contribution in [0.25, 0.3) is 0 Å². The molecule has 1 aromatic heterocycles. The SMILES string of the molecule is c1cc(SCCNCC2CCOC2)ncn1. The highest BCUT2D eigenvalue weighted by molar-refractivity contribution is 7.99. The van der Waals surface area contributed by atoms with E-state index in [-0.39, 0.29) is 0 Å². The Morgan fingerprint density at radius 2 is 2.56 bits per heavy atom. The Kier molecular flexibility index (Phi) is 5.05. The molecule has 0 spiro atoms. The van der Waals surface area contributed by atoms with Crippen LogP contribution in [-0.4, -0.2) is 42.0 Å². The van der Waals surface area contributed by atoms with Crippen LogP contribution in [0.2, 0.25) is 0 Å². The molecule has 1 atom stereocenters. The summed E-state index contributed by atoms with van der Waals surface area (Å²) >= 11 is 1.76. The predicted molar refractivity (Wildman–Crippen MR) is 64.6 cm³/mol. The van der Waals surface area contributed by atoms with E-state index in [0.29, 0.717) is 5.92 Å². The van der Waals surface area contributed by atoms with E-state index in [2.05, 4.69) is 15.3 Å². The lowest BCUT2D eigenvalue weighted by Crippen LogP contribution is -2.25. The zero-order chi connectivity index (χ0) is 11.1. The number of rotatable bonds is 6. The van der Waals surface area contributed by atoms with Gasteiger partial charge in [0.15, 0.2) is 0 Å². The van der Waals surface area contributed by atoms with E-state index in [0.717, 1.165) is 37.1 Å². The first-order valence-electron chi connectivity index (χ1n) is 5.62. The molecule has 1 aliphatic heterocycles. The molecule has 1 fully saturated rings. The third-order valence-electron chi connectivity index (χ3n) is 2.54. The van der Waals surface area contributed by atoms with Gasteiger partial charge >= 0.3 is 0 Å². The Balaban J connectivity index is 1.52. The molecule has 1 aromatic rings. The van der Waals surface area contributed by atoms with Crippen LogP contribution >= 0.6 is 11.8 Å². The highest BCUT2D eigenvalue weighted by Gasteiger charge is 2.14. The van der Waals surface area contributed by atoms with E-state index >= 15 is 0 Å². The second-order valence-electron chi connectivity index (χ2n) is 3.83. The van der Waals surface area contributed by atoms with Crippen LogP contribution in [0.4, 0.5) is 0 Å². The van der Waals surface area contributed by atoms with Crippen LogP contribution in [0.15, 0.2) is 23.6 Å². The Morgan fingerprint density at radius 1 is 1.56 bits per heavy atom. The molecule has 1 aliphatic rings. The van der Waals surface area contributed by atoms with Gasteiger partial charge in [-0.15, -0.1) is 11.8 Å². The van der Waals surface area contributed by atoms with E-state index in [1.54, 1.807) is 24.3 Å². The number of nitrogens with zero attached hydrogens (tertiary/aromatic N) is 2. The average Bonchev–Trinajstić information content (AvgIpc) is 2.83. The molecular weight excluding hydrogens is 222 g/mol. The van der Waals surface area contributed by atoms with Crippen molar-refractivity contribution >= 4 is 11.8 Å². The van der Waals surface area contributed by atoms with Crippen molar-refractivity contribution in [3.8, 4) is 0 Å². The fourth-order valence-corrected chi connectivity index (χ4v) is 2.38. The molecule has 16 heavy (non-hydrogen) atoms. The molecule has 0 aromatic carbocycles. The smallest absolute Gasteiger partial charge is 0.116 e. The normalized spacial score (nSPS) is 20.1. The number of hydrogen-bond acceptors (Lipinski definition) is 5. The molecule has 4 nitrogen and oxygen atoms in total.